The molecule has 2 N–H and O–H groups in total. The maximum absolute atomic E-state index is 12.0. The molecule has 30 heavy (non-hydrogen) atoms. The first-order chi connectivity index (χ1) is 14.7. The molecule has 0 atom stereocenters. The van der Waals surface area contributed by atoms with Crippen molar-refractivity contribution < 1.29 is 9.53 Å². The zero-order chi connectivity index (χ0) is 21.2. The summed E-state index contributed by atoms with van der Waals surface area (Å²) in [7, 11) is 0. The van der Waals surface area contributed by atoms with Crippen molar-refractivity contribution in [2.75, 3.05) is 30.8 Å². The number of amides is 1. The molecule has 0 fully saturated rings. The molecular weight excluding hydrogens is 400 g/mol. The molecule has 0 unspecified atom stereocenters. The quantitative estimate of drug-likeness (QED) is 0.337. The van der Waals surface area contributed by atoms with E-state index in [1.807, 2.05) is 35.0 Å². The third kappa shape index (κ3) is 6.09. The number of nitrogens with one attached hydrogen (secondary N) is 2. The number of nitrogens with zero attached hydrogens (tertiary/aromatic N) is 4. The van der Waals surface area contributed by atoms with Gasteiger partial charge in [-0.2, -0.15) is 5.10 Å². The van der Waals surface area contributed by atoms with Crippen LogP contribution in [0.1, 0.15) is 26.7 Å². The molecule has 8 nitrogen and oxygen atoms in total. The van der Waals surface area contributed by atoms with E-state index in [9.17, 15) is 4.79 Å². The van der Waals surface area contributed by atoms with Gasteiger partial charge in [0.15, 0.2) is 17.4 Å². The summed E-state index contributed by atoms with van der Waals surface area (Å²) in [5.41, 5.74) is 0.775. The highest BCUT2D eigenvalue weighted by atomic mass is 32.2. The van der Waals surface area contributed by atoms with E-state index < -0.39 is 0 Å². The minimum atomic E-state index is -0.172. The Hall–Kier alpha value is -2.81. The van der Waals surface area contributed by atoms with Gasteiger partial charge in [-0.3, -0.25) is 4.79 Å². The Balaban J connectivity index is 1.61. The lowest BCUT2D eigenvalue weighted by atomic mass is 10.3. The first kappa shape index (κ1) is 21.9. The smallest absolute Gasteiger partial charge is 0.258 e. The van der Waals surface area contributed by atoms with Crippen LogP contribution in [-0.2, 0) is 11.3 Å². The summed E-state index contributed by atoms with van der Waals surface area (Å²) >= 11 is 1.64. The van der Waals surface area contributed by atoms with E-state index in [4.69, 9.17) is 9.72 Å². The maximum atomic E-state index is 12.0. The SMILES string of the molecule is CCCNc1nc(SCCC)nc2c1cnn2CCNC(=O)COc1ccccc1. The molecule has 1 amide bonds. The number of carbonyl (C=O) groups is 1. The van der Waals surface area contributed by atoms with Gasteiger partial charge in [-0.15, -0.1) is 0 Å². The van der Waals surface area contributed by atoms with Crippen LogP contribution in [0.3, 0.4) is 0 Å². The normalized spacial score (nSPS) is 10.9. The van der Waals surface area contributed by atoms with Crippen molar-refractivity contribution in [3.8, 4) is 5.75 Å². The third-order valence-electron chi connectivity index (χ3n) is 4.21. The Morgan fingerprint density at radius 1 is 1.13 bits per heavy atom. The number of rotatable bonds is 12. The van der Waals surface area contributed by atoms with Crippen molar-refractivity contribution >= 4 is 34.5 Å². The number of aromatic nitrogens is 4. The monoisotopic (exact) mass is 428 g/mol. The highest BCUT2D eigenvalue weighted by molar-refractivity contribution is 7.99. The minimum Gasteiger partial charge on any atom is -0.484 e. The highest BCUT2D eigenvalue weighted by Crippen LogP contribution is 2.24. The molecule has 0 aliphatic carbocycles. The Labute approximate surface area is 180 Å². The van der Waals surface area contributed by atoms with Gasteiger partial charge in [0.25, 0.3) is 5.91 Å². The van der Waals surface area contributed by atoms with Crippen molar-refractivity contribution in [2.45, 2.75) is 38.4 Å². The Bertz CT molecular complexity index is 947. The molecule has 160 valence electrons. The molecule has 9 heteroatoms. The summed E-state index contributed by atoms with van der Waals surface area (Å²) in [6.45, 7) is 6.03. The van der Waals surface area contributed by atoms with Crippen LogP contribution >= 0.6 is 11.8 Å². The van der Waals surface area contributed by atoms with Crippen molar-refractivity contribution in [1.82, 2.24) is 25.1 Å². The molecule has 0 aliphatic heterocycles. The maximum Gasteiger partial charge on any atom is 0.258 e. The topological polar surface area (TPSA) is 94.0 Å². The second-order valence-electron chi connectivity index (χ2n) is 6.69. The molecular formula is C21H28N6O2S. The Morgan fingerprint density at radius 3 is 2.73 bits per heavy atom. The summed E-state index contributed by atoms with van der Waals surface area (Å²) in [6, 6.07) is 9.28. The van der Waals surface area contributed by atoms with Gasteiger partial charge in [-0.1, -0.05) is 43.8 Å². The van der Waals surface area contributed by atoms with Gasteiger partial charge < -0.3 is 15.4 Å². The van der Waals surface area contributed by atoms with E-state index in [1.165, 1.54) is 0 Å². The summed E-state index contributed by atoms with van der Waals surface area (Å²) in [5.74, 6) is 2.28. The van der Waals surface area contributed by atoms with E-state index in [2.05, 4.69) is 34.6 Å². The van der Waals surface area contributed by atoms with Crippen LogP contribution in [-0.4, -0.2) is 51.1 Å². The van der Waals surface area contributed by atoms with Crippen LogP contribution in [0.2, 0.25) is 0 Å². The van der Waals surface area contributed by atoms with E-state index in [0.29, 0.717) is 18.8 Å². The number of thioether (sulfide) groups is 1. The zero-order valence-electron chi connectivity index (χ0n) is 17.4. The molecule has 0 spiro atoms. The molecule has 3 rings (SSSR count). The van der Waals surface area contributed by atoms with Crippen LogP contribution in [0.15, 0.2) is 41.7 Å². The fourth-order valence-electron chi connectivity index (χ4n) is 2.75. The molecule has 0 aliphatic rings. The molecule has 3 aromatic rings. The van der Waals surface area contributed by atoms with Crippen molar-refractivity contribution in [3.05, 3.63) is 36.5 Å². The number of hydrogen-bond acceptors (Lipinski definition) is 7. The van der Waals surface area contributed by atoms with E-state index >= 15 is 0 Å². The molecule has 2 aromatic heterocycles. The van der Waals surface area contributed by atoms with Crippen LogP contribution in [0.4, 0.5) is 5.82 Å². The number of hydrogen-bond donors (Lipinski definition) is 2. The molecule has 0 saturated heterocycles. The summed E-state index contributed by atoms with van der Waals surface area (Å²) < 4.78 is 7.27. The van der Waals surface area contributed by atoms with Crippen LogP contribution < -0.4 is 15.4 Å². The highest BCUT2D eigenvalue weighted by Gasteiger charge is 2.13. The first-order valence-electron chi connectivity index (χ1n) is 10.3. The van der Waals surface area contributed by atoms with Gasteiger partial charge in [0, 0.05) is 18.8 Å². The minimum absolute atomic E-state index is 0.0189. The van der Waals surface area contributed by atoms with E-state index in [-0.39, 0.29) is 12.5 Å². The number of carbonyl (C=O) groups excluding carboxylic acids is 1. The second-order valence-corrected chi connectivity index (χ2v) is 7.75. The molecule has 2 heterocycles. The number of benzene rings is 1. The van der Waals surface area contributed by atoms with Crippen molar-refractivity contribution in [3.63, 3.8) is 0 Å². The number of para-hydroxylation sites is 1. The average molecular weight is 429 g/mol. The molecule has 0 radical (unpaired) electrons. The lowest BCUT2D eigenvalue weighted by molar-refractivity contribution is -0.123. The lowest BCUT2D eigenvalue weighted by Gasteiger charge is -2.10. The van der Waals surface area contributed by atoms with Gasteiger partial charge >= 0.3 is 0 Å². The van der Waals surface area contributed by atoms with Gasteiger partial charge in [-0.25, -0.2) is 14.6 Å². The fraction of sp³-hybridized carbons (Fsp3) is 0.429. The number of ether oxygens (including phenoxy) is 1. The fourth-order valence-corrected chi connectivity index (χ4v) is 3.45. The van der Waals surface area contributed by atoms with Crippen molar-refractivity contribution in [2.24, 2.45) is 0 Å². The van der Waals surface area contributed by atoms with E-state index in [0.717, 1.165) is 47.1 Å². The lowest BCUT2D eigenvalue weighted by Crippen LogP contribution is -2.31. The predicted octanol–water partition coefficient (Wildman–Crippen LogP) is 3.35. The second kappa shape index (κ2) is 11.4. The Morgan fingerprint density at radius 2 is 1.97 bits per heavy atom. The molecule has 0 saturated carbocycles. The summed E-state index contributed by atoms with van der Waals surface area (Å²) in [5, 5.41) is 12.3. The van der Waals surface area contributed by atoms with Gasteiger partial charge in [0.1, 0.15) is 11.6 Å². The first-order valence-corrected chi connectivity index (χ1v) is 11.2. The van der Waals surface area contributed by atoms with Crippen LogP contribution in [0, 0.1) is 0 Å². The van der Waals surface area contributed by atoms with Crippen LogP contribution in [0.5, 0.6) is 5.75 Å². The average Bonchev–Trinajstić information content (AvgIpc) is 3.18. The van der Waals surface area contributed by atoms with Gasteiger partial charge in [0.2, 0.25) is 0 Å². The summed E-state index contributed by atoms with van der Waals surface area (Å²) in [6.07, 6.45) is 3.84. The van der Waals surface area contributed by atoms with Crippen LogP contribution in [0.25, 0.3) is 11.0 Å². The number of anilines is 1. The molecule has 1 aromatic carbocycles. The largest absolute Gasteiger partial charge is 0.484 e. The predicted molar refractivity (Wildman–Crippen MR) is 120 cm³/mol. The third-order valence-corrected chi connectivity index (χ3v) is 5.27. The Kier molecular flexibility index (Phi) is 8.31. The number of fused-ring (bicyclic) bond motifs is 1. The van der Waals surface area contributed by atoms with Crippen molar-refractivity contribution in [1.29, 1.82) is 0 Å². The standard InChI is InChI=1S/C21H28N6O2S/c1-3-10-23-19-17-14-24-27(20(17)26-21(25-19)30-13-4-2)12-11-22-18(28)15-29-16-8-6-5-7-9-16/h5-9,14H,3-4,10-13,15H2,1-2H3,(H,22,28)(H,23,25,26). The molecule has 0 bridgehead atoms. The van der Waals surface area contributed by atoms with E-state index in [1.54, 1.807) is 18.0 Å². The summed E-state index contributed by atoms with van der Waals surface area (Å²) in [4.78, 5) is 21.4. The zero-order valence-corrected chi connectivity index (χ0v) is 18.2. The van der Waals surface area contributed by atoms with Gasteiger partial charge in [0.05, 0.1) is 18.1 Å². The van der Waals surface area contributed by atoms with Gasteiger partial charge in [-0.05, 0) is 25.0 Å².